The van der Waals surface area contributed by atoms with E-state index in [-0.39, 0.29) is 47.0 Å². The maximum Gasteiger partial charge on any atom is 2.00 e. The van der Waals surface area contributed by atoms with Gasteiger partial charge < -0.3 is 24.0 Å². The van der Waals surface area contributed by atoms with Crippen molar-refractivity contribution in [1.29, 1.82) is 0 Å². The Hall–Kier alpha value is 1.20. The van der Waals surface area contributed by atoms with Gasteiger partial charge in [-0.2, -0.15) is 30.3 Å². The molecule has 0 N–H and O–H groups in total. The van der Waals surface area contributed by atoms with Crippen LogP contribution in [0.25, 0.3) is 0 Å². The summed E-state index contributed by atoms with van der Waals surface area (Å²) in [4.78, 5) is 0. The minimum absolute atomic E-state index is 0. The molecule has 0 spiro atoms. The Kier molecular flexibility index (Phi) is 10.4. The van der Waals surface area contributed by atoms with E-state index in [1.54, 1.807) is 0 Å². The van der Waals surface area contributed by atoms with Gasteiger partial charge in [0.05, 0.1) is 0 Å². The smallest absolute Gasteiger partial charge is 1.00 e. The summed E-state index contributed by atoms with van der Waals surface area (Å²) in [5.74, 6) is 0. The summed E-state index contributed by atoms with van der Waals surface area (Å²) in [6, 6.07) is 10.5. The van der Waals surface area contributed by atoms with E-state index in [4.69, 9.17) is 0 Å². The maximum absolute atomic E-state index is 3.29. The van der Waals surface area contributed by atoms with Gasteiger partial charge in [0.2, 0.25) is 0 Å². The molecule has 0 aliphatic carbocycles. The molecule has 0 heterocycles. The first-order valence-electron chi connectivity index (χ1n) is 2.01. The van der Waals surface area contributed by atoms with Crippen LogP contribution in [0.4, 0.5) is 0 Å². The molecule has 0 amide bonds. The van der Waals surface area contributed by atoms with Crippen LogP contribution in [0.1, 0.15) is 0 Å². The SMILES string of the molecule is Brc1cc[c-]cc1.[I-].[Mg+2]. The van der Waals surface area contributed by atoms with Crippen molar-refractivity contribution in [2.75, 3.05) is 0 Å². The van der Waals surface area contributed by atoms with Gasteiger partial charge in [0, 0.05) is 0 Å². The van der Waals surface area contributed by atoms with Crippen LogP contribution >= 0.6 is 15.9 Å². The predicted octanol–water partition coefficient (Wildman–Crippen LogP) is -1.13. The van der Waals surface area contributed by atoms with Crippen LogP contribution in [0.5, 0.6) is 0 Å². The minimum Gasteiger partial charge on any atom is -1.00 e. The molecular weight excluding hydrogens is 303 g/mol. The molecule has 0 saturated carbocycles. The van der Waals surface area contributed by atoms with E-state index in [1.165, 1.54) is 0 Å². The van der Waals surface area contributed by atoms with Crippen LogP contribution in [0.3, 0.4) is 0 Å². The molecule has 0 atom stereocenters. The van der Waals surface area contributed by atoms with E-state index in [0.29, 0.717) is 0 Å². The van der Waals surface area contributed by atoms with E-state index in [2.05, 4.69) is 22.0 Å². The van der Waals surface area contributed by atoms with Crippen molar-refractivity contribution >= 4 is 39.0 Å². The molecular formula is C6H4BrIMg. The van der Waals surface area contributed by atoms with Crippen molar-refractivity contribution in [3.05, 3.63) is 34.8 Å². The van der Waals surface area contributed by atoms with Gasteiger partial charge in [-0.25, -0.2) is 0 Å². The van der Waals surface area contributed by atoms with Gasteiger partial charge in [-0.05, 0) is 0 Å². The van der Waals surface area contributed by atoms with Gasteiger partial charge in [-0.3, -0.25) is 0 Å². The topological polar surface area (TPSA) is 0 Å². The fourth-order valence-electron chi connectivity index (χ4n) is 0.367. The van der Waals surface area contributed by atoms with E-state index in [9.17, 15) is 0 Å². The number of benzene rings is 1. The average Bonchev–Trinajstić information content (AvgIpc) is 1.69. The van der Waals surface area contributed by atoms with Crippen molar-refractivity contribution < 1.29 is 24.0 Å². The molecule has 1 aromatic rings. The first-order chi connectivity index (χ1) is 3.39. The number of hydrogen-bond donors (Lipinski definition) is 0. The summed E-state index contributed by atoms with van der Waals surface area (Å²) < 4.78 is 1.10. The van der Waals surface area contributed by atoms with Crippen molar-refractivity contribution in [3.63, 3.8) is 0 Å². The molecule has 3 heteroatoms. The minimum atomic E-state index is 0. The summed E-state index contributed by atoms with van der Waals surface area (Å²) in [7, 11) is 0. The first kappa shape index (κ1) is 12.8. The summed E-state index contributed by atoms with van der Waals surface area (Å²) in [6.07, 6.45) is 0. The largest absolute Gasteiger partial charge is 2.00 e. The summed E-state index contributed by atoms with van der Waals surface area (Å²) in [5, 5.41) is 0. The molecule has 1 rings (SSSR count). The third-order valence-electron chi connectivity index (χ3n) is 0.678. The second-order valence-electron chi connectivity index (χ2n) is 1.22. The van der Waals surface area contributed by atoms with Crippen LogP contribution in [0.15, 0.2) is 28.7 Å². The van der Waals surface area contributed by atoms with E-state index < -0.39 is 0 Å². The molecule has 0 bridgehead atoms. The zero-order chi connectivity index (χ0) is 5.11. The molecule has 0 aliphatic heterocycles. The Morgan fingerprint density at radius 1 is 1.22 bits per heavy atom. The van der Waals surface area contributed by atoms with E-state index in [1.807, 2.05) is 24.3 Å². The molecule has 1 aromatic carbocycles. The van der Waals surface area contributed by atoms with Gasteiger partial charge in [0.25, 0.3) is 0 Å². The fraction of sp³-hybridized carbons (Fsp3) is 0. The molecule has 0 radical (unpaired) electrons. The molecule has 0 fully saturated rings. The summed E-state index contributed by atoms with van der Waals surface area (Å²) >= 11 is 3.29. The Morgan fingerprint density at radius 3 is 1.89 bits per heavy atom. The molecule has 0 unspecified atom stereocenters. The van der Waals surface area contributed by atoms with Crippen LogP contribution in [-0.4, -0.2) is 23.1 Å². The van der Waals surface area contributed by atoms with Crippen LogP contribution in [0.2, 0.25) is 0 Å². The Labute approximate surface area is 96.7 Å². The van der Waals surface area contributed by atoms with Crippen LogP contribution in [0, 0.1) is 6.07 Å². The standard InChI is InChI=1S/C6H4Br.HI.Mg/c7-6-4-2-1-3-5-6;;/h2-5H;1H;/q-1;;+2/p-1. The number of halogens is 2. The van der Waals surface area contributed by atoms with Gasteiger partial charge >= 0.3 is 23.1 Å². The molecule has 44 valence electrons. The first-order valence-corrected chi connectivity index (χ1v) is 2.80. The van der Waals surface area contributed by atoms with E-state index in [0.717, 1.165) is 4.47 Å². The molecule has 0 nitrogen and oxygen atoms in total. The second-order valence-corrected chi connectivity index (χ2v) is 2.13. The Morgan fingerprint density at radius 2 is 1.67 bits per heavy atom. The van der Waals surface area contributed by atoms with Crippen LogP contribution < -0.4 is 24.0 Å². The summed E-state index contributed by atoms with van der Waals surface area (Å²) in [6.45, 7) is 0. The third kappa shape index (κ3) is 5.63. The zero-order valence-corrected chi connectivity index (χ0v) is 9.93. The van der Waals surface area contributed by atoms with Crippen molar-refractivity contribution in [3.8, 4) is 0 Å². The van der Waals surface area contributed by atoms with E-state index >= 15 is 0 Å². The second kappa shape index (κ2) is 7.30. The van der Waals surface area contributed by atoms with Gasteiger partial charge in [0.15, 0.2) is 0 Å². The van der Waals surface area contributed by atoms with Crippen LogP contribution in [-0.2, 0) is 0 Å². The van der Waals surface area contributed by atoms with Crippen molar-refractivity contribution in [1.82, 2.24) is 0 Å². The molecule has 0 aromatic heterocycles. The van der Waals surface area contributed by atoms with Gasteiger partial charge in [0.1, 0.15) is 0 Å². The predicted molar refractivity (Wildman–Crippen MR) is 38.7 cm³/mol. The van der Waals surface area contributed by atoms with Gasteiger partial charge in [-0.15, -0.1) is 0 Å². The third-order valence-corrected chi connectivity index (χ3v) is 1.21. The average molecular weight is 307 g/mol. The normalized spacial score (nSPS) is 6.78. The number of rotatable bonds is 0. The molecule has 0 aliphatic rings. The Bertz CT molecular complexity index is 143. The van der Waals surface area contributed by atoms with Crippen molar-refractivity contribution in [2.24, 2.45) is 0 Å². The Balaban J connectivity index is 0. The number of hydrogen-bond acceptors (Lipinski definition) is 0. The quantitative estimate of drug-likeness (QED) is 0.323. The fourth-order valence-corrected chi connectivity index (χ4v) is 0.631. The molecule has 0 saturated heterocycles. The monoisotopic (exact) mass is 306 g/mol. The zero-order valence-electron chi connectivity index (χ0n) is 4.77. The molecule has 9 heavy (non-hydrogen) atoms. The summed E-state index contributed by atoms with van der Waals surface area (Å²) in [5.41, 5.74) is 0. The maximum atomic E-state index is 3.29. The van der Waals surface area contributed by atoms with Crippen molar-refractivity contribution in [2.45, 2.75) is 0 Å². The van der Waals surface area contributed by atoms with Gasteiger partial charge in [-0.1, -0.05) is 20.4 Å².